The van der Waals surface area contributed by atoms with Crippen molar-refractivity contribution >= 4 is 11.8 Å². The van der Waals surface area contributed by atoms with Crippen LogP contribution in [0.25, 0.3) is 11.1 Å². The van der Waals surface area contributed by atoms with Gasteiger partial charge in [0, 0.05) is 19.2 Å². The summed E-state index contributed by atoms with van der Waals surface area (Å²) in [5.41, 5.74) is 5.22. The molecule has 2 atom stereocenters. The molecule has 0 aliphatic carbocycles. The van der Waals surface area contributed by atoms with Crippen LogP contribution >= 0.6 is 0 Å². The second-order valence-electron chi connectivity index (χ2n) is 6.97. The zero-order valence-electron chi connectivity index (χ0n) is 16.2. The lowest BCUT2D eigenvalue weighted by Crippen LogP contribution is -2.50. The lowest BCUT2D eigenvalue weighted by molar-refractivity contribution is -0.136. The molecular weight excluding hydrogens is 356 g/mol. The number of rotatable bonds is 6. The Balaban J connectivity index is 1.93. The number of nitrogens with zero attached hydrogens (tertiary/aromatic N) is 1. The third-order valence-electron chi connectivity index (χ3n) is 5.25. The second kappa shape index (κ2) is 8.99. The maximum atomic E-state index is 13.3. The number of methoxy groups -OCH3 is 1. The summed E-state index contributed by atoms with van der Waals surface area (Å²) in [6.07, 6.45) is 2.19. The molecule has 2 amide bonds. The Bertz CT molecular complexity index is 835. The van der Waals surface area contributed by atoms with Gasteiger partial charge >= 0.3 is 0 Å². The Morgan fingerprint density at radius 3 is 2.54 bits per heavy atom. The summed E-state index contributed by atoms with van der Waals surface area (Å²) in [7, 11) is 1.50. The Labute approximate surface area is 165 Å². The Morgan fingerprint density at radius 1 is 1.18 bits per heavy atom. The Morgan fingerprint density at radius 2 is 1.89 bits per heavy atom. The number of likely N-dealkylation sites (tertiary alicyclic amines) is 1. The number of nitrogens with one attached hydrogen (secondary N) is 1. The fraction of sp³-hybridized carbons (Fsp3) is 0.364. The van der Waals surface area contributed by atoms with Crippen molar-refractivity contribution in [1.82, 2.24) is 10.4 Å². The molecule has 1 saturated heterocycles. The van der Waals surface area contributed by atoms with E-state index in [1.54, 1.807) is 11.5 Å². The molecule has 0 radical (unpaired) electrons. The number of aryl methyl sites for hydroxylation is 1. The third kappa shape index (κ3) is 3.93. The summed E-state index contributed by atoms with van der Waals surface area (Å²) in [6.45, 7) is 2.53. The summed E-state index contributed by atoms with van der Waals surface area (Å²) in [5, 5.41) is 9.09. The quantitative estimate of drug-likeness (QED) is 0.595. The zero-order chi connectivity index (χ0) is 20.1. The third-order valence-corrected chi connectivity index (χ3v) is 5.25. The van der Waals surface area contributed by atoms with Crippen LogP contribution in [-0.4, -0.2) is 47.7 Å². The highest BCUT2D eigenvalue weighted by Crippen LogP contribution is 2.29. The van der Waals surface area contributed by atoms with E-state index >= 15 is 0 Å². The van der Waals surface area contributed by atoms with Crippen molar-refractivity contribution in [3.05, 3.63) is 59.7 Å². The molecule has 0 bridgehead atoms. The highest BCUT2D eigenvalue weighted by Gasteiger charge is 2.42. The summed E-state index contributed by atoms with van der Waals surface area (Å²) in [4.78, 5) is 26.9. The fourth-order valence-electron chi connectivity index (χ4n) is 3.83. The molecule has 0 aromatic heterocycles. The standard InChI is InChI=1S/C22H26N2O4/c1-3-6-15-9-11-16(12-10-15)17-7-4-5-8-18(17)22(26)24-14-13-19(28-2)20(24)21(25)23-27/h4-5,7-12,19-20,27H,3,6,13-14H2,1-2H3,(H,23,25)/t19-,20+/m1/s1. The number of carbonyl (C=O) groups is 2. The largest absolute Gasteiger partial charge is 0.379 e. The van der Waals surface area contributed by atoms with Crippen LogP contribution in [0, 0.1) is 0 Å². The summed E-state index contributed by atoms with van der Waals surface area (Å²) in [6, 6.07) is 14.7. The number of amides is 2. The summed E-state index contributed by atoms with van der Waals surface area (Å²) >= 11 is 0. The normalized spacial score (nSPS) is 18.9. The molecule has 0 saturated carbocycles. The molecule has 2 aromatic rings. The minimum absolute atomic E-state index is 0.249. The van der Waals surface area contributed by atoms with Crippen LogP contribution < -0.4 is 5.48 Å². The van der Waals surface area contributed by atoms with Crippen LogP contribution in [0.4, 0.5) is 0 Å². The van der Waals surface area contributed by atoms with Gasteiger partial charge in [-0.1, -0.05) is 55.8 Å². The van der Waals surface area contributed by atoms with Crippen LogP contribution in [0.2, 0.25) is 0 Å². The van der Waals surface area contributed by atoms with Crippen LogP contribution in [0.5, 0.6) is 0 Å². The number of ether oxygens (including phenoxy) is 1. The average molecular weight is 382 g/mol. The molecular formula is C22H26N2O4. The van der Waals surface area contributed by atoms with Gasteiger partial charge in [-0.25, -0.2) is 5.48 Å². The van der Waals surface area contributed by atoms with Gasteiger partial charge in [-0.05, 0) is 35.6 Å². The minimum atomic E-state index is -0.859. The smallest absolute Gasteiger partial charge is 0.268 e. The van der Waals surface area contributed by atoms with E-state index in [2.05, 4.69) is 19.1 Å². The number of hydrogen-bond acceptors (Lipinski definition) is 4. The lowest BCUT2D eigenvalue weighted by Gasteiger charge is -2.26. The van der Waals surface area contributed by atoms with Crippen molar-refractivity contribution in [1.29, 1.82) is 0 Å². The van der Waals surface area contributed by atoms with Gasteiger partial charge in [0.05, 0.1) is 6.10 Å². The summed E-state index contributed by atoms with van der Waals surface area (Å²) < 4.78 is 5.35. The highest BCUT2D eigenvalue weighted by atomic mass is 16.5. The molecule has 6 nitrogen and oxygen atoms in total. The van der Waals surface area contributed by atoms with E-state index < -0.39 is 18.1 Å². The Kier molecular flexibility index (Phi) is 6.44. The van der Waals surface area contributed by atoms with E-state index in [4.69, 9.17) is 9.94 Å². The van der Waals surface area contributed by atoms with Gasteiger partial charge in [0.2, 0.25) is 0 Å². The van der Waals surface area contributed by atoms with Gasteiger partial charge in [-0.3, -0.25) is 14.8 Å². The van der Waals surface area contributed by atoms with E-state index in [1.165, 1.54) is 17.6 Å². The number of hydrogen-bond donors (Lipinski definition) is 2. The number of hydroxylamine groups is 1. The molecule has 0 unspecified atom stereocenters. The van der Waals surface area contributed by atoms with Gasteiger partial charge < -0.3 is 9.64 Å². The molecule has 3 rings (SSSR count). The SMILES string of the molecule is CCCc1ccc(-c2ccccc2C(=O)N2CC[C@@H](OC)[C@H]2C(=O)NO)cc1. The maximum Gasteiger partial charge on any atom is 0.268 e. The van der Waals surface area contributed by atoms with Crippen LogP contribution in [0.15, 0.2) is 48.5 Å². The second-order valence-corrected chi connectivity index (χ2v) is 6.97. The first-order chi connectivity index (χ1) is 13.6. The van der Waals surface area contributed by atoms with Crippen molar-refractivity contribution < 1.29 is 19.5 Å². The minimum Gasteiger partial charge on any atom is -0.379 e. The van der Waals surface area contributed by atoms with Gasteiger partial charge in [0.1, 0.15) is 6.04 Å². The number of benzene rings is 2. The van der Waals surface area contributed by atoms with Crippen LogP contribution in [0.1, 0.15) is 35.7 Å². The van der Waals surface area contributed by atoms with Crippen molar-refractivity contribution in [3.63, 3.8) is 0 Å². The average Bonchev–Trinajstić information content (AvgIpc) is 3.17. The monoisotopic (exact) mass is 382 g/mol. The molecule has 2 aromatic carbocycles. The van der Waals surface area contributed by atoms with Crippen molar-refractivity contribution in [2.24, 2.45) is 0 Å². The zero-order valence-corrected chi connectivity index (χ0v) is 16.2. The van der Waals surface area contributed by atoms with E-state index in [0.29, 0.717) is 18.5 Å². The Hall–Kier alpha value is -2.70. The van der Waals surface area contributed by atoms with Crippen molar-refractivity contribution in [3.8, 4) is 11.1 Å². The first-order valence-corrected chi connectivity index (χ1v) is 9.56. The molecule has 0 spiro atoms. The molecule has 1 heterocycles. The fourth-order valence-corrected chi connectivity index (χ4v) is 3.83. The molecule has 1 fully saturated rings. The van der Waals surface area contributed by atoms with E-state index in [0.717, 1.165) is 24.0 Å². The van der Waals surface area contributed by atoms with Gasteiger partial charge in [-0.15, -0.1) is 0 Å². The highest BCUT2D eigenvalue weighted by molar-refractivity contribution is 6.03. The van der Waals surface area contributed by atoms with E-state index in [-0.39, 0.29) is 5.91 Å². The lowest BCUT2D eigenvalue weighted by atomic mass is 9.97. The van der Waals surface area contributed by atoms with Crippen molar-refractivity contribution in [2.75, 3.05) is 13.7 Å². The van der Waals surface area contributed by atoms with Crippen LogP contribution in [-0.2, 0) is 16.0 Å². The van der Waals surface area contributed by atoms with E-state index in [1.807, 2.05) is 30.3 Å². The predicted molar refractivity (Wildman–Crippen MR) is 106 cm³/mol. The molecule has 148 valence electrons. The maximum absolute atomic E-state index is 13.3. The molecule has 6 heteroatoms. The first kappa shape index (κ1) is 20.0. The first-order valence-electron chi connectivity index (χ1n) is 9.56. The number of carbonyl (C=O) groups excluding carboxylic acids is 2. The van der Waals surface area contributed by atoms with Gasteiger partial charge in [0.15, 0.2) is 0 Å². The summed E-state index contributed by atoms with van der Waals surface area (Å²) in [5.74, 6) is -0.888. The van der Waals surface area contributed by atoms with Crippen molar-refractivity contribution in [2.45, 2.75) is 38.3 Å². The molecule has 1 aliphatic rings. The van der Waals surface area contributed by atoms with Crippen LogP contribution in [0.3, 0.4) is 0 Å². The predicted octanol–water partition coefficient (Wildman–Crippen LogP) is 3.04. The topological polar surface area (TPSA) is 78.9 Å². The molecule has 28 heavy (non-hydrogen) atoms. The van der Waals surface area contributed by atoms with E-state index in [9.17, 15) is 9.59 Å². The van der Waals surface area contributed by atoms with Gasteiger partial charge in [-0.2, -0.15) is 0 Å². The molecule has 1 aliphatic heterocycles. The molecule has 2 N–H and O–H groups in total. The van der Waals surface area contributed by atoms with Gasteiger partial charge in [0.25, 0.3) is 11.8 Å².